The number of ether oxygens (including phenoxy) is 2. The van der Waals surface area contributed by atoms with Gasteiger partial charge in [-0.05, 0) is 84.6 Å². The smallest absolute Gasteiger partial charge is 0.407 e. The molecule has 5 aromatic rings. The van der Waals surface area contributed by atoms with Crippen molar-refractivity contribution < 1.29 is 28.7 Å². The molecule has 2 bridgehead atoms. The van der Waals surface area contributed by atoms with Gasteiger partial charge in [0.25, 0.3) is 0 Å². The second-order valence-electron chi connectivity index (χ2n) is 18.0. The third-order valence-electron chi connectivity index (χ3n) is 13.2. The number of imidazole rings is 2. The highest BCUT2D eigenvalue weighted by molar-refractivity contribution is 6.02. The molecule has 1 saturated carbocycles. The monoisotopic (exact) mass is 843 g/mol. The van der Waals surface area contributed by atoms with E-state index in [0.29, 0.717) is 24.9 Å². The molecule has 8 rings (SSSR count). The Bertz CT molecular complexity index is 2460. The Labute approximate surface area is 361 Å². The van der Waals surface area contributed by atoms with Crippen molar-refractivity contribution in [3.63, 3.8) is 0 Å². The number of carbonyl (C=O) groups excluding carboxylic acids is 4. The number of aromatic nitrogens is 5. The third kappa shape index (κ3) is 7.88. The number of likely N-dealkylation sites (tertiary alicyclic amines) is 2. The Hall–Kier alpha value is -6.25. The van der Waals surface area contributed by atoms with E-state index in [2.05, 4.69) is 70.0 Å². The summed E-state index contributed by atoms with van der Waals surface area (Å²) in [5, 5.41) is 6.49. The number of nitrogens with zero attached hydrogens (tertiary/aromatic N) is 5. The van der Waals surface area contributed by atoms with Crippen LogP contribution in [-0.2, 0) is 24.6 Å². The van der Waals surface area contributed by atoms with E-state index in [9.17, 15) is 19.2 Å². The van der Waals surface area contributed by atoms with E-state index < -0.39 is 29.8 Å². The first-order valence-corrected chi connectivity index (χ1v) is 21.7. The summed E-state index contributed by atoms with van der Waals surface area (Å²) >= 11 is 0. The number of hydrogen-bond donors (Lipinski definition) is 4. The van der Waals surface area contributed by atoms with Gasteiger partial charge in [0.1, 0.15) is 29.3 Å². The molecule has 3 fully saturated rings. The van der Waals surface area contributed by atoms with Crippen LogP contribution in [0.1, 0.15) is 84.4 Å². The number of amides is 4. The van der Waals surface area contributed by atoms with Crippen LogP contribution < -0.4 is 10.6 Å². The fraction of sp³-hybridized carbons (Fsp3) is 0.468. The number of rotatable bonds is 11. The number of aromatic amines is 2. The van der Waals surface area contributed by atoms with Crippen molar-refractivity contribution in [1.29, 1.82) is 0 Å². The first kappa shape index (κ1) is 42.4. The van der Waals surface area contributed by atoms with Crippen LogP contribution in [0.15, 0.2) is 67.1 Å². The van der Waals surface area contributed by atoms with E-state index in [1.54, 1.807) is 6.20 Å². The molecule has 15 heteroatoms. The van der Waals surface area contributed by atoms with E-state index in [1.165, 1.54) is 14.2 Å². The Morgan fingerprint density at radius 3 is 2.10 bits per heavy atom. The van der Waals surface area contributed by atoms with Crippen molar-refractivity contribution in [2.75, 3.05) is 27.3 Å². The molecule has 4 amide bonds. The van der Waals surface area contributed by atoms with Crippen molar-refractivity contribution in [3.05, 3.63) is 78.8 Å². The second-order valence-corrected chi connectivity index (χ2v) is 18.0. The topological polar surface area (TPSA) is 188 Å². The molecule has 6 atom stereocenters. The zero-order valence-corrected chi connectivity index (χ0v) is 36.5. The Balaban J connectivity index is 1.03. The third-order valence-corrected chi connectivity index (χ3v) is 13.2. The molecule has 3 aliphatic rings. The number of pyridine rings is 1. The molecule has 3 aromatic heterocycles. The second kappa shape index (κ2) is 17.3. The summed E-state index contributed by atoms with van der Waals surface area (Å²) in [4.78, 5) is 77.8. The van der Waals surface area contributed by atoms with Gasteiger partial charge in [0.15, 0.2) is 0 Å². The standard InChI is InChI=1S/C47H57N9O6/c1-26(2)38(53-45(59)61-6)42(57)55-24-28(5)10-17-37(55)41-49-22-35(51-41)31-13-11-30(12-14-31)32-15-16-34(40-33(32)9-8-20-48-40)36-23-50-44(52-36)47-19-18-29(21-47)25-56(47)43(58)39(27(3)4)54-46(60)62-7/h8-9,11-16,20,22-23,26-29,37-39H,10,17-19,21,24-25H2,1-7H3,(H,49,51)(H,50,52)(H,53,59)(H,54,60)/t28-,29+,37?,38-,39-,47-/m0/s1. The lowest BCUT2D eigenvalue weighted by Crippen LogP contribution is -2.56. The first-order valence-electron chi connectivity index (χ1n) is 21.7. The van der Waals surface area contributed by atoms with Crippen LogP contribution >= 0.6 is 0 Å². The van der Waals surface area contributed by atoms with Gasteiger partial charge in [-0.1, -0.05) is 71.0 Å². The number of hydrogen-bond acceptors (Lipinski definition) is 9. The number of benzene rings is 2. The zero-order chi connectivity index (χ0) is 43.9. The molecule has 0 radical (unpaired) electrons. The minimum atomic E-state index is -0.716. The average molecular weight is 844 g/mol. The van der Waals surface area contributed by atoms with Crippen LogP contribution in [0.25, 0.3) is 44.5 Å². The van der Waals surface area contributed by atoms with Crippen LogP contribution in [-0.4, -0.2) is 98.1 Å². The highest BCUT2D eigenvalue weighted by Crippen LogP contribution is 2.53. The van der Waals surface area contributed by atoms with Crippen molar-refractivity contribution >= 4 is 34.9 Å². The van der Waals surface area contributed by atoms with Gasteiger partial charge in [0.2, 0.25) is 11.8 Å². The Morgan fingerprint density at radius 1 is 0.758 bits per heavy atom. The predicted octanol–water partition coefficient (Wildman–Crippen LogP) is 7.58. The largest absolute Gasteiger partial charge is 0.453 e. The number of fused-ring (bicyclic) bond motifs is 3. The van der Waals surface area contributed by atoms with E-state index in [4.69, 9.17) is 24.4 Å². The summed E-state index contributed by atoms with van der Waals surface area (Å²) < 4.78 is 9.67. The summed E-state index contributed by atoms with van der Waals surface area (Å²) in [5.41, 5.74) is 5.82. The molecular weight excluding hydrogens is 787 g/mol. The minimum Gasteiger partial charge on any atom is -0.453 e. The summed E-state index contributed by atoms with van der Waals surface area (Å²) in [6.45, 7) is 11.0. The van der Waals surface area contributed by atoms with Gasteiger partial charge < -0.3 is 39.9 Å². The van der Waals surface area contributed by atoms with Crippen LogP contribution in [0.3, 0.4) is 0 Å². The molecule has 62 heavy (non-hydrogen) atoms. The molecule has 2 aromatic carbocycles. The minimum absolute atomic E-state index is 0.121. The van der Waals surface area contributed by atoms with Gasteiger partial charge in [0, 0.05) is 30.2 Å². The molecule has 5 heterocycles. The number of alkyl carbamates (subject to hydrolysis) is 2. The van der Waals surface area contributed by atoms with Gasteiger partial charge >= 0.3 is 12.2 Å². The van der Waals surface area contributed by atoms with E-state index in [0.717, 1.165) is 88.3 Å². The van der Waals surface area contributed by atoms with Gasteiger partial charge in [-0.2, -0.15) is 0 Å². The van der Waals surface area contributed by atoms with E-state index in [1.807, 2.05) is 56.0 Å². The number of carbonyl (C=O) groups is 4. The average Bonchev–Trinajstić information content (AvgIpc) is 4.12. The first-order chi connectivity index (χ1) is 29.8. The zero-order valence-electron chi connectivity index (χ0n) is 36.5. The van der Waals surface area contributed by atoms with Crippen LogP contribution in [0, 0.1) is 23.7 Å². The highest BCUT2D eigenvalue weighted by Gasteiger charge is 2.56. The van der Waals surface area contributed by atoms with Crippen molar-refractivity contribution in [3.8, 4) is 33.6 Å². The fourth-order valence-corrected chi connectivity index (χ4v) is 9.85. The molecule has 326 valence electrons. The maximum Gasteiger partial charge on any atom is 0.407 e. The summed E-state index contributed by atoms with van der Waals surface area (Å²) in [5.74, 6) is 1.63. The maximum absolute atomic E-state index is 14.1. The summed E-state index contributed by atoms with van der Waals surface area (Å²) in [6.07, 6.45) is 8.53. The molecule has 0 spiro atoms. The van der Waals surface area contributed by atoms with Crippen molar-refractivity contribution in [1.82, 2.24) is 45.4 Å². The quantitative estimate of drug-likeness (QED) is 0.104. The molecule has 4 N–H and O–H groups in total. The van der Waals surface area contributed by atoms with E-state index >= 15 is 0 Å². The molecule has 2 saturated heterocycles. The molecule has 2 aliphatic heterocycles. The summed E-state index contributed by atoms with van der Waals surface area (Å²) in [6, 6.07) is 14.8. The van der Waals surface area contributed by atoms with Gasteiger partial charge in [-0.25, -0.2) is 19.6 Å². The Morgan fingerprint density at radius 2 is 1.42 bits per heavy atom. The van der Waals surface area contributed by atoms with Crippen molar-refractivity contribution in [2.24, 2.45) is 23.7 Å². The fourth-order valence-electron chi connectivity index (χ4n) is 9.85. The molecular formula is C47H57N9O6. The highest BCUT2D eigenvalue weighted by atomic mass is 16.5. The van der Waals surface area contributed by atoms with Gasteiger partial charge in [-0.3, -0.25) is 14.6 Å². The van der Waals surface area contributed by atoms with E-state index in [-0.39, 0.29) is 29.7 Å². The lowest BCUT2D eigenvalue weighted by molar-refractivity contribution is -0.141. The van der Waals surface area contributed by atoms with Crippen molar-refractivity contribution in [2.45, 2.75) is 90.4 Å². The van der Waals surface area contributed by atoms with Crippen LogP contribution in [0.2, 0.25) is 0 Å². The summed E-state index contributed by atoms with van der Waals surface area (Å²) in [7, 11) is 2.60. The van der Waals surface area contributed by atoms with Crippen LogP contribution in [0.4, 0.5) is 9.59 Å². The normalized spacial score (nSPS) is 21.9. The lowest BCUT2D eigenvalue weighted by atomic mass is 9.91. The predicted molar refractivity (Wildman–Crippen MR) is 234 cm³/mol. The molecule has 1 unspecified atom stereocenters. The SMILES string of the molecule is COC(=O)N[C@H](C(=O)N1C[C@@H](C)CCC1c1ncc(-c2ccc(-c3ccc(-c4cnc([C@@]56CC[C@@H](CN5C(=O)[C@@H](NC(=O)OC)C(C)C)C6)[nH]4)c4ncccc34)cc2)[nH]1)C(C)C. The number of methoxy groups -OCH3 is 2. The van der Waals surface area contributed by atoms with Crippen LogP contribution in [0.5, 0.6) is 0 Å². The lowest BCUT2D eigenvalue weighted by Gasteiger charge is -2.40. The Kier molecular flexibility index (Phi) is 11.8. The molecule has 15 nitrogen and oxygen atoms in total. The molecule has 1 aliphatic carbocycles. The number of piperidine rings is 2. The number of H-pyrrole nitrogens is 2. The van der Waals surface area contributed by atoms with Gasteiger partial charge in [0.05, 0.1) is 49.6 Å². The number of nitrogens with one attached hydrogen (secondary N) is 4. The van der Waals surface area contributed by atoms with Gasteiger partial charge in [-0.15, -0.1) is 0 Å². The maximum atomic E-state index is 14.1.